The lowest BCUT2D eigenvalue weighted by Crippen LogP contribution is -2.49. The van der Waals surface area contributed by atoms with Crippen molar-refractivity contribution in [3.63, 3.8) is 0 Å². The molecule has 0 aliphatic carbocycles. The van der Waals surface area contributed by atoms with Crippen LogP contribution in [0.25, 0.3) is 0 Å². The van der Waals surface area contributed by atoms with Crippen molar-refractivity contribution in [2.45, 2.75) is 12.5 Å². The maximum atomic E-state index is 11.1. The second-order valence-electron chi connectivity index (χ2n) is 3.75. The molecule has 14 heavy (non-hydrogen) atoms. The molecule has 2 rings (SSSR count). The first-order valence-corrected chi connectivity index (χ1v) is 5.22. The third-order valence-corrected chi connectivity index (χ3v) is 2.72. The van der Waals surface area contributed by atoms with E-state index in [1.54, 1.807) is 4.90 Å². The Kier molecular flexibility index (Phi) is 3.21. The van der Waals surface area contributed by atoms with Crippen LogP contribution in [0.2, 0.25) is 0 Å². The van der Waals surface area contributed by atoms with Crippen molar-refractivity contribution < 1.29 is 9.53 Å². The van der Waals surface area contributed by atoms with Crippen LogP contribution in [0, 0.1) is 0 Å². The summed E-state index contributed by atoms with van der Waals surface area (Å²) in [6.45, 7) is 5.17. The minimum atomic E-state index is -0.159. The van der Waals surface area contributed by atoms with Gasteiger partial charge in [0.1, 0.15) is 6.61 Å². The molecule has 2 fully saturated rings. The van der Waals surface area contributed by atoms with Gasteiger partial charge in [0.2, 0.25) is 0 Å². The first kappa shape index (κ1) is 9.73. The Morgan fingerprint density at radius 2 is 2.43 bits per heavy atom. The molecule has 2 aliphatic heterocycles. The zero-order valence-electron chi connectivity index (χ0n) is 8.29. The summed E-state index contributed by atoms with van der Waals surface area (Å²) in [7, 11) is 0. The van der Waals surface area contributed by atoms with Gasteiger partial charge in [-0.25, -0.2) is 4.79 Å². The zero-order chi connectivity index (χ0) is 9.80. The van der Waals surface area contributed by atoms with Crippen molar-refractivity contribution in [2.24, 2.45) is 0 Å². The highest BCUT2D eigenvalue weighted by molar-refractivity contribution is 5.69. The van der Waals surface area contributed by atoms with Gasteiger partial charge in [-0.2, -0.15) is 0 Å². The van der Waals surface area contributed by atoms with Gasteiger partial charge in [0.15, 0.2) is 0 Å². The van der Waals surface area contributed by atoms with Gasteiger partial charge >= 0.3 is 6.09 Å². The number of ether oxygens (including phenoxy) is 1. The standard InChI is InChI=1S/C9H17N3O2/c13-9-12(5-6-14-9)4-1-8-7-10-2-3-11-8/h8,10-11H,1-7H2. The quantitative estimate of drug-likeness (QED) is 0.636. The van der Waals surface area contributed by atoms with Gasteiger partial charge in [-0.15, -0.1) is 0 Å². The van der Waals surface area contributed by atoms with E-state index >= 15 is 0 Å². The molecule has 0 saturated carbocycles. The summed E-state index contributed by atoms with van der Waals surface area (Å²) in [6, 6.07) is 0.497. The molecule has 0 aromatic carbocycles. The maximum absolute atomic E-state index is 11.1. The number of carbonyl (C=O) groups excluding carboxylic acids is 1. The first-order valence-electron chi connectivity index (χ1n) is 5.22. The Morgan fingerprint density at radius 3 is 3.07 bits per heavy atom. The average molecular weight is 199 g/mol. The number of piperazine rings is 1. The predicted octanol–water partition coefficient (Wildman–Crippen LogP) is -0.610. The van der Waals surface area contributed by atoms with Gasteiger partial charge < -0.3 is 20.3 Å². The fraction of sp³-hybridized carbons (Fsp3) is 0.889. The summed E-state index contributed by atoms with van der Waals surface area (Å²) < 4.78 is 4.86. The number of amides is 1. The van der Waals surface area contributed by atoms with Crippen LogP contribution in [0.1, 0.15) is 6.42 Å². The number of nitrogens with one attached hydrogen (secondary N) is 2. The minimum Gasteiger partial charge on any atom is -0.448 e. The molecule has 80 valence electrons. The van der Waals surface area contributed by atoms with Crippen LogP contribution >= 0.6 is 0 Å². The largest absolute Gasteiger partial charge is 0.448 e. The summed E-state index contributed by atoms with van der Waals surface area (Å²) in [5.74, 6) is 0. The van der Waals surface area contributed by atoms with Gasteiger partial charge in [-0.1, -0.05) is 0 Å². The number of cyclic esters (lactones) is 1. The van der Waals surface area contributed by atoms with Crippen LogP contribution < -0.4 is 10.6 Å². The smallest absolute Gasteiger partial charge is 0.409 e. The van der Waals surface area contributed by atoms with Crippen LogP contribution in [-0.4, -0.2) is 56.4 Å². The second kappa shape index (κ2) is 4.61. The predicted molar refractivity (Wildman–Crippen MR) is 52.2 cm³/mol. The lowest BCUT2D eigenvalue weighted by molar-refractivity contribution is 0.157. The van der Waals surface area contributed by atoms with E-state index < -0.39 is 0 Å². The van der Waals surface area contributed by atoms with Crippen molar-refractivity contribution in [3.05, 3.63) is 0 Å². The molecular formula is C9H17N3O2. The molecule has 1 unspecified atom stereocenters. The van der Waals surface area contributed by atoms with Crippen molar-refractivity contribution in [1.82, 2.24) is 15.5 Å². The molecule has 2 saturated heterocycles. The summed E-state index contributed by atoms with van der Waals surface area (Å²) in [5, 5.41) is 6.74. The molecule has 0 radical (unpaired) electrons. The molecule has 0 spiro atoms. The molecule has 2 aliphatic rings. The maximum Gasteiger partial charge on any atom is 0.409 e. The molecule has 5 heteroatoms. The number of rotatable bonds is 3. The van der Waals surface area contributed by atoms with Gasteiger partial charge in [0.05, 0.1) is 6.54 Å². The lowest BCUT2D eigenvalue weighted by atomic mass is 10.1. The number of nitrogens with zero attached hydrogens (tertiary/aromatic N) is 1. The average Bonchev–Trinajstić information content (AvgIpc) is 2.63. The Morgan fingerprint density at radius 1 is 1.50 bits per heavy atom. The molecule has 2 heterocycles. The van der Waals surface area contributed by atoms with Gasteiger partial charge in [0.25, 0.3) is 0 Å². The Labute approximate surface area is 83.8 Å². The van der Waals surface area contributed by atoms with Crippen LogP contribution in [0.5, 0.6) is 0 Å². The van der Waals surface area contributed by atoms with E-state index in [2.05, 4.69) is 10.6 Å². The van der Waals surface area contributed by atoms with Crippen LogP contribution in [0.3, 0.4) is 0 Å². The summed E-state index contributed by atoms with van der Waals surface area (Å²) in [5.41, 5.74) is 0. The van der Waals surface area contributed by atoms with Gasteiger partial charge in [0, 0.05) is 32.2 Å². The highest BCUT2D eigenvalue weighted by atomic mass is 16.6. The van der Waals surface area contributed by atoms with Crippen LogP contribution in [-0.2, 0) is 4.74 Å². The molecule has 5 nitrogen and oxygen atoms in total. The Bertz CT molecular complexity index is 204. The van der Waals surface area contributed by atoms with E-state index in [9.17, 15) is 4.79 Å². The van der Waals surface area contributed by atoms with Crippen LogP contribution in [0.15, 0.2) is 0 Å². The topological polar surface area (TPSA) is 53.6 Å². The van der Waals surface area contributed by atoms with Crippen molar-refractivity contribution in [3.8, 4) is 0 Å². The molecule has 0 bridgehead atoms. The van der Waals surface area contributed by atoms with E-state index in [4.69, 9.17) is 4.74 Å². The fourth-order valence-electron chi connectivity index (χ4n) is 1.86. The number of hydrogen-bond donors (Lipinski definition) is 2. The number of carbonyl (C=O) groups is 1. The lowest BCUT2D eigenvalue weighted by Gasteiger charge is -2.25. The van der Waals surface area contributed by atoms with Gasteiger partial charge in [-0.05, 0) is 6.42 Å². The highest BCUT2D eigenvalue weighted by Gasteiger charge is 2.22. The second-order valence-corrected chi connectivity index (χ2v) is 3.75. The summed E-state index contributed by atoms with van der Waals surface area (Å²) in [6.07, 6.45) is 0.844. The van der Waals surface area contributed by atoms with Crippen LogP contribution in [0.4, 0.5) is 4.79 Å². The molecular weight excluding hydrogens is 182 g/mol. The summed E-state index contributed by atoms with van der Waals surface area (Å²) >= 11 is 0. The third kappa shape index (κ3) is 2.36. The Balaban J connectivity index is 1.68. The summed E-state index contributed by atoms with van der Waals surface area (Å²) in [4.78, 5) is 12.9. The van der Waals surface area contributed by atoms with Crippen molar-refractivity contribution >= 4 is 6.09 Å². The van der Waals surface area contributed by atoms with E-state index in [0.717, 1.165) is 39.1 Å². The molecule has 1 amide bonds. The monoisotopic (exact) mass is 199 g/mol. The van der Waals surface area contributed by atoms with Crippen molar-refractivity contribution in [1.29, 1.82) is 0 Å². The molecule has 2 N–H and O–H groups in total. The molecule has 0 aromatic rings. The SMILES string of the molecule is O=C1OCCN1CCC1CNCCN1. The number of hydrogen-bond acceptors (Lipinski definition) is 4. The molecule has 1 atom stereocenters. The van der Waals surface area contributed by atoms with Gasteiger partial charge in [-0.3, -0.25) is 0 Å². The fourth-order valence-corrected chi connectivity index (χ4v) is 1.86. The van der Waals surface area contributed by atoms with E-state index in [0.29, 0.717) is 12.6 Å². The highest BCUT2D eigenvalue weighted by Crippen LogP contribution is 2.05. The van der Waals surface area contributed by atoms with E-state index in [1.165, 1.54) is 0 Å². The zero-order valence-corrected chi connectivity index (χ0v) is 8.29. The third-order valence-electron chi connectivity index (χ3n) is 2.72. The molecule has 0 aromatic heterocycles. The van der Waals surface area contributed by atoms with Crippen molar-refractivity contribution in [2.75, 3.05) is 39.3 Å². The Hall–Kier alpha value is -0.810. The van der Waals surface area contributed by atoms with E-state index in [-0.39, 0.29) is 6.09 Å². The normalized spacial score (nSPS) is 27.9. The first-order chi connectivity index (χ1) is 6.86. The minimum absolute atomic E-state index is 0.159. The van der Waals surface area contributed by atoms with E-state index in [1.807, 2.05) is 0 Å².